The van der Waals surface area contributed by atoms with Gasteiger partial charge in [0.25, 0.3) is 11.8 Å². The van der Waals surface area contributed by atoms with Crippen LogP contribution in [0.25, 0.3) is 0 Å². The van der Waals surface area contributed by atoms with Gasteiger partial charge in [0.05, 0.1) is 16.9 Å². The molecule has 0 spiro atoms. The molecule has 0 heterocycles. The van der Waals surface area contributed by atoms with Crippen molar-refractivity contribution in [3.8, 4) is 11.5 Å². The molecule has 0 unspecified atom stereocenters. The first-order valence-electron chi connectivity index (χ1n) is 10.5. The number of benzene rings is 3. The lowest BCUT2D eigenvalue weighted by atomic mass is 10.1. The number of carbonyl (C=O) groups is 2. The summed E-state index contributed by atoms with van der Waals surface area (Å²) in [4.78, 5) is 24.6. The Morgan fingerprint density at radius 1 is 1.00 bits per heavy atom. The Bertz CT molecular complexity index is 1220. The Balaban J connectivity index is 1.62. The second kappa shape index (κ2) is 11.6. The zero-order valence-electron chi connectivity index (χ0n) is 19.4. The van der Waals surface area contributed by atoms with Gasteiger partial charge < -0.3 is 14.8 Å². The minimum Gasteiger partial charge on any atom is -0.493 e. The molecule has 0 aliphatic heterocycles. The van der Waals surface area contributed by atoms with Crippen LogP contribution in [0.2, 0.25) is 0 Å². The molecule has 3 aromatic carbocycles. The molecule has 7 nitrogen and oxygen atoms in total. The summed E-state index contributed by atoms with van der Waals surface area (Å²) in [6.07, 6.45) is 1.52. The maximum atomic E-state index is 12.4. The topological polar surface area (TPSA) is 89.0 Å². The van der Waals surface area contributed by atoms with Crippen LogP contribution in [-0.2, 0) is 4.79 Å². The van der Waals surface area contributed by atoms with E-state index in [2.05, 4.69) is 38.4 Å². The maximum absolute atomic E-state index is 12.4. The Morgan fingerprint density at radius 3 is 2.41 bits per heavy atom. The van der Waals surface area contributed by atoms with E-state index in [0.717, 1.165) is 25.9 Å². The minimum absolute atomic E-state index is 0.167. The van der Waals surface area contributed by atoms with Gasteiger partial charge >= 0.3 is 0 Å². The van der Waals surface area contributed by atoms with Crippen molar-refractivity contribution >= 4 is 46.3 Å². The van der Waals surface area contributed by atoms with E-state index in [-0.39, 0.29) is 18.4 Å². The van der Waals surface area contributed by atoms with Crippen LogP contribution in [0, 0.1) is 24.3 Å². The molecular weight excluding hydrogens is 545 g/mol. The second-order valence-electron chi connectivity index (χ2n) is 7.74. The van der Waals surface area contributed by atoms with Crippen molar-refractivity contribution in [2.75, 3.05) is 19.0 Å². The van der Waals surface area contributed by atoms with E-state index in [1.54, 1.807) is 18.2 Å². The third kappa shape index (κ3) is 6.80. The third-order valence-electron chi connectivity index (χ3n) is 5.08. The molecule has 0 saturated carbocycles. The number of hydrogen-bond donors (Lipinski definition) is 2. The van der Waals surface area contributed by atoms with Gasteiger partial charge in [-0.1, -0.05) is 23.8 Å². The van der Waals surface area contributed by atoms with Crippen LogP contribution in [0.1, 0.15) is 32.6 Å². The molecule has 0 bridgehead atoms. The number of nitrogens with one attached hydrogen (secondary N) is 2. The summed E-state index contributed by atoms with van der Waals surface area (Å²) in [5.41, 5.74) is 7.80. The lowest BCUT2D eigenvalue weighted by Crippen LogP contribution is -2.20. The van der Waals surface area contributed by atoms with E-state index < -0.39 is 0 Å². The highest BCUT2D eigenvalue weighted by molar-refractivity contribution is 14.1. The molecule has 0 atom stereocenters. The molecule has 3 aromatic rings. The van der Waals surface area contributed by atoms with E-state index in [4.69, 9.17) is 9.47 Å². The van der Waals surface area contributed by atoms with Gasteiger partial charge in [-0.15, -0.1) is 0 Å². The number of amides is 2. The van der Waals surface area contributed by atoms with Crippen molar-refractivity contribution in [2.24, 2.45) is 5.10 Å². The average Bonchev–Trinajstić information content (AvgIpc) is 2.80. The second-order valence-corrected chi connectivity index (χ2v) is 8.90. The third-order valence-corrected chi connectivity index (χ3v) is 5.88. The first kappa shape index (κ1) is 25.2. The van der Waals surface area contributed by atoms with Crippen LogP contribution >= 0.6 is 22.6 Å². The van der Waals surface area contributed by atoms with Gasteiger partial charge in [-0.3, -0.25) is 9.59 Å². The number of nitrogens with zero attached hydrogens (tertiary/aromatic N) is 1. The fourth-order valence-corrected chi connectivity index (χ4v) is 3.82. The van der Waals surface area contributed by atoms with Gasteiger partial charge in [-0.05, 0) is 96.5 Å². The van der Waals surface area contributed by atoms with Crippen molar-refractivity contribution in [1.29, 1.82) is 0 Å². The minimum atomic E-state index is -0.298. The van der Waals surface area contributed by atoms with Gasteiger partial charge in [-0.25, -0.2) is 5.43 Å². The molecule has 8 heteroatoms. The number of anilines is 1. The lowest BCUT2D eigenvalue weighted by molar-refractivity contribution is -0.118. The monoisotopic (exact) mass is 571 g/mol. The fourth-order valence-electron chi connectivity index (χ4n) is 3.04. The van der Waals surface area contributed by atoms with Gasteiger partial charge in [0, 0.05) is 11.3 Å². The highest BCUT2D eigenvalue weighted by Crippen LogP contribution is 2.33. The number of methoxy groups -OCH3 is 1. The standard InChI is InChI=1S/C26H26IN3O4/c1-16-5-8-20(9-6-16)26(32)30-28-14-19-12-22(27)25(23(13-19)33-4)34-15-24(31)29-21-10-7-17(2)18(3)11-21/h5-14H,15H2,1-4H3,(H,29,31)(H,30,32)/b28-14+. The van der Waals surface area contributed by atoms with Crippen LogP contribution in [0.4, 0.5) is 5.69 Å². The number of aryl methyl sites for hydroxylation is 3. The highest BCUT2D eigenvalue weighted by atomic mass is 127. The van der Waals surface area contributed by atoms with Crippen LogP contribution in [0.5, 0.6) is 11.5 Å². The molecule has 0 aliphatic carbocycles. The first-order chi connectivity index (χ1) is 16.3. The lowest BCUT2D eigenvalue weighted by Gasteiger charge is -2.14. The Hall–Kier alpha value is -3.40. The molecule has 2 amide bonds. The molecule has 2 N–H and O–H groups in total. The predicted molar refractivity (Wildman–Crippen MR) is 142 cm³/mol. The molecule has 0 aromatic heterocycles. The molecule has 34 heavy (non-hydrogen) atoms. The van der Waals surface area contributed by atoms with E-state index in [0.29, 0.717) is 22.6 Å². The van der Waals surface area contributed by atoms with Crippen molar-refractivity contribution in [2.45, 2.75) is 20.8 Å². The summed E-state index contributed by atoms with van der Waals surface area (Å²) in [5, 5.41) is 6.87. The number of hydrazone groups is 1. The zero-order valence-corrected chi connectivity index (χ0v) is 21.6. The molecule has 0 radical (unpaired) electrons. The van der Waals surface area contributed by atoms with Crippen molar-refractivity contribution in [3.63, 3.8) is 0 Å². The number of halogens is 1. The van der Waals surface area contributed by atoms with Crippen molar-refractivity contribution in [1.82, 2.24) is 5.43 Å². The summed E-state index contributed by atoms with van der Waals surface area (Å²) in [7, 11) is 1.52. The number of hydrogen-bond acceptors (Lipinski definition) is 5. The molecule has 0 saturated heterocycles. The number of ether oxygens (including phenoxy) is 2. The summed E-state index contributed by atoms with van der Waals surface area (Å²) in [6, 6.07) is 16.5. The molecule has 176 valence electrons. The summed E-state index contributed by atoms with van der Waals surface area (Å²) in [5.74, 6) is 0.342. The predicted octanol–water partition coefficient (Wildman–Crippen LogP) is 5.01. The van der Waals surface area contributed by atoms with Crippen molar-refractivity contribution in [3.05, 3.63) is 86.0 Å². The van der Waals surface area contributed by atoms with Gasteiger partial charge in [-0.2, -0.15) is 5.10 Å². The van der Waals surface area contributed by atoms with E-state index in [9.17, 15) is 9.59 Å². The van der Waals surface area contributed by atoms with Crippen LogP contribution in [-0.4, -0.2) is 31.7 Å². The molecular formula is C26H26IN3O4. The summed E-state index contributed by atoms with van der Waals surface area (Å²) >= 11 is 2.11. The van der Waals surface area contributed by atoms with Gasteiger partial charge in [0.15, 0.2) is 18.1 Å². The SMILES string of the molecule is COc1cc(/C=N/NC(=O)c2ccc(C)cc2)cc(I)c1OCC(=O)Nc1ccc(C)c(C)c1. The van der Waals surface area contributed by atoms with Crippen molar-refractivity contribution < 1.29 is 19.1 Å². The van der Waals surface area contributed by atoms with E-state index in [1.807, 2.05) is 57.2 Å². The van der Waals surface area contributed by atoms with E-state index >= 15 is 0 Å². The Kier molecular flexibility index (Phi) is 8.64. The largest absolute Gasteiger partial charge is 0.493 e. The molecule has 0 fully saturated rings. The Morgan fingerprint density at radius 2 is 1.74 bits per heavy atom. The van der Waals surface area contributed by atoms with Gasteiger partial charge in [0.2, 0.25) is 0 Å². The summed E-state index contributed by atoms with van der Waals surface area (Å²) in [6.45, 7) is 5.80. The van der Waals surface area contributed by atoms with Crippen LogP contribution in [0.3, 0.4) is 0 Å². The molecule has 3 rings (SSSR count). The van der Waals surface area contributed by atoms with E-state index in [1.165, 1.54) is 13.3 Å². The fraction of sp³-hybridized carbons (Fsp3) is 0.192. The summed E-state index contributed by atoms with van der Waals surface area (Å²) < 4.78 is 11.9. The zero-order chi connectivity index (χ0) is 24.7. The quantitative estimate of drug-likeness (QED) is 0.226. The highest BCUT2D eigenvalue weighted by Gasteiger charge is 2.14. The number of rotatable bonds is 8. The molecule has 0 aliphatic rings. The Labute approximate surface area is 212 Å². The average molecular weight is 571 g/mol. The number of carbonyl (C=O) groups excluding carboxylic acids is 2. The normalized spacial score (nSPS) is 10.7. The maximum Gasteiger partial charge on any atom is 0.271 e. The smallest absolute Gasteiger partial charge is 0.271 e. The van der Waals surface area contributed by atoms with Crippen LogP contribution in [0.15, 0.2) is 59.7 Å². The van der Waals surface area contributed by atoms with Gasteiger partial charge in [0.1, 0.15) is 0 Å². The van der Waals surface area contributed by atoms with Crippen LogP contribution < -0.4 is 20.2 Å². The first-order valence-corrected chi connectivity index (χ1v) is 11.6.